The molecule has 2 unspecified atom stereocenters. The second-order valence-electron chi connectivity index (χ2n) is 9.73. The molecule has 0 aromatic carbocycles. The highest BCUT2D eigenvalue weighted by Gasteiger charge is 2.37. The van der Waals surface area contributed by atoms with E-state index in [1.165, 1.54) is 25.4 Å². The van der Waals surface area contributed by atoms with Gasteiger partial charge < -0.3 is 9.47 Å². The number of methoxy groups -OCH3 is 2. The summed E-state index contributed by atoms with van der Waals surface area (Å²) >= 11 is 0. The van der Waals surface area contributed by atoms with E-state index in [0.717, 1.165) is 25.7 Å². The van der Waals surface area contributed by atoms with Gasteiger partial charge >= 0.3 is 0 Å². The molecule has 31 heavy (non-hydrogen) atoms. The van der Waals surface area contributed by atoms with Gasteiger partial charge in [0.05, 0.1) is 14.2 Å². The number of rotatable bonds is 11. The number of allylic oxidation sites excluding steroid dienone is 6. The molecule has 1 aliphatic rings. The third kappa shape index (κ3) is 6.69. The van der Waals surface area contributed by atoms with Crippen molar-refractivity contribution >= 4 is 11.6 Å². The molecule has 0 bridgehead atoms. The highest BCUT2D eigenvalue weighted by molar-refractivity contribution is 6.23. The maximum absolute atomic E-state index is 13.1. The lowest BCUT2D eigenvalue weighted by atomic mass is 9.75. The zero-order valence-electron chi connectivity index (χ0n) is 21.3. The van der Waals surface area contributed by atoms with Gasteiger partial charge in [-0.2, -0.15) is 0 Å². The van der Waals surface area contributed by atoms with Crippen LogP contribution in [-0.4, -0.2) is 25.8 Å². The van der Waals surface area contributed by atoms with Gasteiger partial charge in [0, 0.05) is 11.1 Å². The monoisotopic (exact) mass is 430 g/mol. The van der Waals surface area contributed by atoms with E-state index in [0.29, 0.717) is 17.6 Å². The minimum absolute atomic E-state index is 0.00297. The Morgan fingerprint density at radius 1 is 0.871 bits per heavy atom. The lowest BCUT2D eigenvalue weighted by Crippen LogP contribution is -2.28. The molecule has 0 aliphatic heterocycles. The van der Waals surface area contributed by atoms with Crippen LogP contribution < -0.4 is 0 Å². The molecule has 0 radical (unpaired) electrons. The Bertz CT molecular complexity index is 820. The standard InChI is InChI=1S/C27H42O4/c1-11-26(7,15-18(3)4)14-13-19(5)16-27(8,12-2)17-21-20(6)22(28)24(30-9)25(31-10)23(21)29/h15-16H,11-14,17H2,1-10H3. The number of carbonyl (C=O) groups excluding carboxylic acids is 2. The summed E-state index contributed by atoms with van der Waals surface area (Å²) in [7, 11) is 2.79. The predicted octanol–water partition coefficient (Wildman–Crippen LogP) is 6.87. The van der Waals surface area contributed by atoms with Crippen LogP contribution in [0.2, 0.25) is 0 Å². The van der Waals surface area contributed by atoms with Gasteiger partial charge in [-0.25, -0.2) is 0 Å². The summed E-state index contributed by atoms with van der Waals surface area (Å²) in [4.78, 5) is 25.8. The first-order valence-corrected chi connectivity index (χ1v) is 11.3. The molecule has 0 amide bonds. The van der Waals surface area contributed by atoms with Crippen LogP contribution in [0.25, 0.3) is 0 Å². The molecule has 0 saturated carbocycles. The number of hydrogen-bond donors (Lipinski definition) is 0. The van der Waals surface area contributed by atoms with Gasteiger partial charge in [0.2, 0.25) is 23.1 Å². The SMILES string of the molecule is CCC(C)(C=C(C)C)CCC(C)=CC(C)(CC)CC1=C(C)C(=O)C(OC)=C(OC)C1=O. The topological polar surface area (TPSA) is 52.6 Å². The molecule has 0 heterocycles. The van der Waals surface area contributed by atoms with Crippen molar-refractivity contribution in [1.82, 2.24) is 0 Å². The summed E-state index contributed by atoms with van der Waals surface area (Å²) in [5.41, 5.74) is 3.62. The molecule has 0 aromatic rings. The Kier molecular flexibility index (Phi) is 9.53. The first-order chi connectivity index (χ1) is 14.4. The van der Waals surface area contributed by atoms with Gasteiger partial charge in [-0.15, -0.1) is 0 Å². The molecule has 0 saturated heterocycles. The Balaban J connectivity index is 3.14. The maximum Gasteiger partial charge on any atom is 0.228 e. The summed E-state index contributed by atoms with van der Waals surface area (Å²) in [5, 5.41) is 0. The highest BCUT2D eigenvalue weighted by atomic mass is 16.5. The number of ketones is 2. The van der Waals surface area contributed by atoms with Gasteiger partial charge in [0.1, 0.15) is 0 Å². The van der Waals surface area contributed by atoms with Crippen molar-refractivity contribution in [2.24, 2.45) is 10.8 Å². The molecule has 1 rings (SSSR count). The summed E-state index contributed by atoms with van der Waals surface area (Å²) < 4.78 is 10.4. The van der Waals surface area contributed by atoms with Gasteiger partial charge in [-0.05, 0) is 70.6 Å². The summed E-state index contributed by atoms with van der Waals surface area (Å²) in [5.74, 6) is -0.512. The average molecular weight is 431 g/mol. The van der Waals surface area contributed by atoms with Gasteiger partial charge in [-0.1, -0.05) is 51.0 Å². The third-order valence-corrected chi connectivity index (χ3v) is 6.61. The zero-order chi connectivity index (χ0) is 24.0. The van der Waals surface area contributed by atoms with E-state index in [1.807, 2.05) is 0 Å². The summed E-state index contributed by atoms with van der Waals surface area (Å²) in [6.07, 6.45) is 9.24. The maximum atomic E-state index is 13.1. The second-order valence-corrected chi connectivity index (χ2v) is 9.73. The van der Waals surface area contributed by atoms with E-state index in [2.05, 4.69) is 60.6 Å². The van der Waals surface area contributed by atoms with E-state index in [-0.39, 0.29) is 33.9 Å². The van der Waals surface area contributed by atoms with Crippen molar-refractivity contribution in [1.29, 1.82) is 0 Å². The van der Waals surface area contributed by atoms with Crippen molar-refractivity contribution in [2.45, 2.75) is 87.5 Å². The van der Waals surface area contributed by atoms with E-state index >= 15 is 0 Å². The van der Waals surface area contributed by atoms with Crippen LogP contribution in [0.5, 0.6) is 0 Å². The largest absolute Gasteiger partial charge is 0.489 e. The van der Waals surface area contributed by atoms with Crippen molar-refractivity contribution in [3.63, 3.8) is 0 Å². The molecule has 1 aliphatic carbocycles. The molecule has 0 fully saturated rings. The Labute approximate surface area is 189 Å². The molecule has 0 N–H and O–H groups in total. The van der Waals surface area contributed by atoms with Crippen LogP contribution in [0.4, 0.5) is 0 Å². The first-order valence-electron chi connectivity index (χ1n) is 11.3. The van der Waals surface area contributed by atoms with Gasteiger partial charge in [0.15, 0.2) is 0 Å². The molecule has 2 atom stereocenters. The van der Waals surface area contributed by atoms with Crippen LogP contribution in [0.1, 0.15) is 87.5 Å². The minimum Gasteiger partial charge on any atom is -0.489 e. The van der Waals surface area contributed by atoms with E-state index < -0.39 is 0 Å². The minimum atomic E-state index is -0.270. The van der Waals surface area contributed by atoms with Crippen LogP contribution in [-0.2, 0) is 19.1 Å². The number of Topliss-reactive ketones (excluding diaryl/α,β-unsaturated/α-hetero) is 2. The van der Waals surface area contributed by atoms with Crippen LogP contribution in [0, 0.1) is 10.8 Å². The average Bonchev–Trinajstić information content (AvgIpc) is 2.71. The lowest BCUT2D eigenvalue weighted by Gasteiger charge is -2.30. The van der Waals surface area contributed by atoms with Crippen LogP contribution in [0.3, 0.4) is 0 Å². The fraction of sp³-hybridized carbons (Fsp3) is 0.630. The molecule has 174 valence electrons. The fourth-order valence-corrected chi connectivity index (χ4v) is 4.28. The van der Waals surface area contributed by atoms with E-state index in [9.17, 15) is 9.59 Å². The molecule has 4 heteroatoms. The molecule has 0 spiro atoms. The zero-order valence-corrected chi connectivity index (χ0v) is 21.3. The Morgan fingerprint density at radius 3 is 1.84 bits per heavy atom. The third-order valence-electron chi connectivity index (χ3n) is 6.61. The Hall–Kier alpha value is -2.10. The normalized spacial score (nSPS) is 19.2. The van der Waals surface area contributed by atoms with Gasteiger partial charge in [-0.3, -0.25) is 9.59 Å². The smallest absolute Gasteiger partial charge is 0.228 e. The van der Waals surface area contributed by atoms with E-state index in [4.69, 9.17) is 9.47 Å². The lowest BCUT2D eigenvalue weighted by molar-refractivity contribution is -0.121. The second kappa shape index (κ2) is 11.0. The van der Waals surface area contributed by atoms with E-state index in [1.54, 1.807) is 6.92 Å². The van der Waals surface area contributed by atoms with Crippen LogP contribution in [0.15, 0.2) is 46.0 Å². The highest BCUT2D eigenvalue weighted by Crippen LogP contribution is 2.39. The first kappa shape index (κ1) is 26.9. The number of ether oxygens (including phenoxy) is 2. The molecule has 4 nitrogen and oxygen atoms in total. The summed E-state index contributed by atoms with van der Waals surface area (Å²) in [6, 6.07) is 0. The predicted molar refractivity (Wildman–Crippen MR) is 128 cm³/mol. The van der Waals surface area contributed by atoms with Crippen molar-refractivity contribution in [2.75, 3.05) is 14.2 Å². The van der Waals surface area contributed by atoms with Crippen LogP contribution >= 0.6 is 0 Å². The van der Waals surface area contributed by atoms with Gasteiger partial charge in [0.25, 0.3) is 0 Å². The summed E-state index contributed by atoms with van der Waals surface area (Å²) in [6.45, 7) is 17.0. The Morgan fingerprint density at radius 2 is 1.39 bits per heavy atom. The molecular formula is C27H42O4. The van der Waals surface area contributed by atoms with Crippen molar-refractivity contribution < 1.29 is 19.1 Å². The van der Waals surface area contributed by atoms with Crippen molar-refractivity contribution in [3.8, 4) is 0 Å². The van der Waals surface area contributed by atoms with Crippen molar-refractivity contribution in [3.05, 3.63) is 46.0 Å². The fourth-order valence-electron chi connectivity index (χ4n) is 4.28. The number of hydrogen-bond acceptors (Lipinski definition) is 4. The molecule has 0 aromatic heterocycles. The number of carbonyl (C=O) groups is 2. The quantitative estimate of drug-likeness (QED) is 0.265. The molecular weight excluding hydrogens is 388 g/mol.